The summed E-state index contributed by atoms with van der Waals surface area (Å²) in [6.45, 7) is 0. The third kappa shape index (κ3) is 1.14. The molecule has 0 spiro atoms. The summed E-state index contributed by atoms with van der Waals surface area (Å²) in [6, 6.07) is 0. The number of hydrogen-bond donors (Lipinski definition) is 0. The van der Waals surface area contributed by atoms with Crippen LogP contribution in [0.15, 0.2) is 0 Å². The molecule has 0 aromatic heterocycles. The molecule has 0 amide bonds. The smallest absolute Gasteiger partial charge is 0.245 e. The molecule has 1 nitrogen and oxygen atoms in total. The predicted octanol–water partition coefficient (Wildman–Crippen LogP) is 1.76. The Balaban J connectivity index is 2.30. The highest BCUT2D eigenvalue weighted by Crippen LogP contribution is 2.44. The molecule has 1 heterocycles. The molecule has 0 saturated carbocycles. The van der Waals surface area contributed by atoms with Crippen molar-refractivity contribution in [3.8, 4) is 0 Å². The van der Waals surface area contributed by atoms with Crippen molar-refractivity contribution in [3.05, 3.63) is 0 Å². The van der Waals surface area contributed by atoms with Crippen molar-refractivity contribution in [2.75, 3.05) is 5.88 Å². The van der Waals surface area contributed by atoms with E-state index in [0.717, 1.165) is 0 Å². The van der Waals surface area contributed by atoms with Gasteiger partial charge in [-0.3, -0.25) is 0 Å². The zero-order valence-corrected chi connectivity index (χ0v) is 5.59. The van der Waals surface area contributed by atoms with Gasteiger partial charge in [-0.15, -0.1) is 11.6 Å². The summed E-state index contributed by atoms with van der Waals surface area (Å²) in [5.74, 6) is 0.368. The highest BCUT2D eigenvalue weighted by Gasteiger charge is 2.53. The summed E-state index contributed by atoms with van der Waals surface area (Å²) in [4.78, 5) is 0. The van der Waals surface area contributed by atoms with Gasteiger partial charge >= 0.3 is 0 Å². The van der Waals surface area contributed by atoms with Crippen molar-refractivity contribution in [2.45, 2.75) is 10.6 Å². The molecule has 0 aromatic carbocycles. The van der Waals surface area contributed by atoms with Crippen LogP contribution in [0.4, 0.5) is 0 Å². The van der Waals surface area contributed by atoms with Crippen LogP contribution in [0, 0.1) is 0 Å². The lowest BCUT2D eigenvalue weighted by Gasteiger charge is -1.80. The largest absolute Gasteiger partial charge is 0.334 e. The molecule has 0 aliphatic carbocycles. The van der Waals surface area contributed by atoms with E-state index in [9.17, 15) is 0 Å². The van der Waals surface area contributed by atoms with Crippen LogP contribution in [-0.4, -0.2) is 16.5 Å². The topological polar surface area (TPSA) is 12.5 Å². The molecule has 0 N–H and O–H groups in total. The molecule has 1 atom stereocenters. The number of hydrogen-bond acceptors (Lipinski definition) is 1. The Morgan fingerprint density at radius 3 is 2.00 bits per heavy atom. The van der Waals surface area contributed by atoms with Gasteiger partial charge in [0.1, 0.15) is 6.10 Å². The van der Waals surface area contributed by atoms with E-state index in [1.807, 2.05) is 0 Å². The van der Waals surface area contributed by atoms with E-state index in [-0.39, 0.29) is 6.10 Å². The van der Waals surface area contributed by atoms with E-state index < -0.39 is 4.52 Å². The van der Waals surface area contributed by atoms with Crippen LogP contribution in [0.2, 0.25) is 0 Å². The average Bonchev–Trinajstić information content (AvgIpc) is 2.13. The molecule has 42 valence electrons. The summed E-state index contributed by atoms with van der Waals surface area (Å²) < 4.78 is 3.68. The summed E-state index contributed by atoms with van der Waals surface area (Å²) in [6.07, 6.45) is -0.155. The Bertz CT molecular complexity index is 82.2. The molecular weight excluding hydrogens is 158 g/mol. The first-order valence-electron chi connectivity index (χ1n) is 1.78. The second-order valence-electron chi connectivity index (χ2n) is 1.32. The van der Waals surface area contributed by atoms with E-state index in [1.54, 1.807) is 0 Å². The normalized spacial score (nSPS) is 35.6. The second kappa shape index (κ2) is 1.66. The van der Waals surface area contributed by atoms with E-state index >= 15 is 0 Å². The number of rotatable bonds is 1. The van der Waals surface area contributed by atoms with E-state index in [0.29, 0.717) is 5.88 Å². The van der Waals surface area contributed by atoms with Gasteiger partial charge in [-0.25, -0.2) is 0 Å². The summed E-state index contributed by atoms with van der Waals surface area (Å²) in [7, 11) is 0. The van der Waals surface area contributed by atoms with Gasteiger partial charge in [0.25, 0.3) is 0 Å². The lowest BCUT2D eigenvalue weighted by Crippen LogP contribution is -1.95. The van der Waals surface area contributed by atoms with Gasteiger partial charge in [0.05, 0.1) is 5.88 Å². The van der Waals surface area contributed by atoms with E-state index in [4.69, 9.17) is 34.8 Å². The summed E-state index contributed by atoms with van der Waals surface area (Å²) in [5, 5.41) is 0. The van der Waals surface area contributed by atoms with Crippen LogP contribution < -0.4 is 0 Å². The average molecular weight is 161 g/mol. The number of ether oxygens (including phenoxy) is 1. The van der Waals surface area contributed by atoms with Crippen LogP contribution in [-0.2, 0) is 4.74 Å². The van der Waals surface area contributed by atoms with Crippen molar-refractivity contribution in [3.63, 3.8) is 0 Å². The van der Waals surface area contributed by atoms with Crippen molar-refractivity contribution in [1.29, 1.82) is 0 Å². The van der Waals surface area contributed by atoms with Crippen LogP contribution in [0.25, 0.3) is 0 Å². The molecule has 1 rings (SSSR count). The van der Waals surface area contributed by atoms with Crippen molar-refractivity contribution in [1.82, 2.24) is 0 Å². The zero-order valence-electron chi connectivity index (χ0n) is 3.33. The van der Waals surface area contributed by atoms with Crippen LogP contribution in [0.3, 0.4) is 0 Å². The highest BCUT2D eigenvalue weighted by molar-refractivity contribution is 6.49. The lowest BCUT2D eigenvalue weighted by molar-refractivity contribution is 0.399. The minimum atomic E-state index is -0.970. The molecule has 1 fully saturated rings. The quantitative estimate of drug-likeness (QED) is 0.422. The summed E-state index contributed by atoms with van der Waals surface area (Å²) in [5.41, 5.74) is 0. The minimum Gasteiger partial charge on any atom is -0.334 e. The highest BCUT2D eigenvalue weighted by atomic mass is 35.5. The third-order valence-corrected chi connectivity index (χ3v) is 1.70. The van der Waals surface area contributed by atoms with Gasteiger partial charge in [-0.05, 0) is 0 Å². The fourth-order valence-electron chi connectivity index (χ4n) is 0.277. The first-order chi connectivity index (χ1) is 3.17. The van der Waals surface area contributed by atoms with E-state index in [1.165, 1.54) is 0 Å². The number of halogens is 3. The van der Waals surface area contributed by atoms with Gasteiger partial charge in [-0.1, -0.05) is 23.2 Å². The lowest BCUT2D eigenvalue weighted by atomic mass is 10.6. The minimum absolute atomic E-state index is 0.155. The van der Waals surface area contributed by atoms with Crippen molar-refractivity contribution < 1.29 is 4.74 Å². The van der Waals surface area contributed by atoms with Gasteiger partial charge in [-0.2, -0.15) is 0 Å². The molecule has 4 heteroatoms. The number of alkyl halides is 3. The molecule has 0 aromatic rings. The molecule has 7 heavy (non-hydrogen) atoms. The molecular formula is C3H3Cl3O. The molecule has 1 unspecified atom stereocenters. The maximum absolute atomic E-state index is 5.37. The Morgan fingerprint density at radius 2 is 2.00 bits per heavy atom. The SMILES string of the molecule is ClCC1OC1(Cl)Cl. The third-order valence-electron chi connectivity index (χ3n) is 0.757. The van der Waals surface area contributed by atoms with Crippen LogP contribution in [0.1, 0.15) is 0 Å². The first kappa shape index (κ1) is 5.96. The second-order valence-corrected chi connectivity index (χ2v) is 2.95. The van der Waals surface area contributed by atoms with Gasteiger partial charge in [0.15, 0.2) is 0 Å². The molecule has 1 saturated heterocycles. The predicted molar refractivity (Wildman–Crippen MR) is 30.0 cm³/mol. The van der Waals surface area contributed by atoms with Gasteiger partial charge in [0, 0.05) is 0 Å². The molecule has 0 bridgehead atoms. The van der Waals surface area contributed by atoms with Gasteiger partial charge in [0.2, 0.25) is 4.52 Å². The Labute approximate surface area is 56.5 Å². The van der Waals surface area contributed by atoms with E-state index in [2.05, 4.69) is 4.74 Å². The Kier molecular flexibility index (Phi) is 1.41. The molecule has 1 aliphatic heterocycles. The maximum atomic E-state index is 5.37. The van der Waals surface area contributed by atoms with Crippen molar-refractivity contribution >= 4 is 34.8 Å². The fourth-order valence-corrected chi connectivity index (χ4v) is 1.08. The standard InChI is InChI=1S/C3H3Cl3O/c4-1-2-3(5,6)7-2/h2H,1H2. The first-order valence-corrected chi connectivity index (χ1v) is 3.07. The Morgan fingerprint density at radius 1 is 1.57 bits per heavy atom. The zero-order chi connectivity index (χ0) is 5.49. The van der Waals surface area contributed by atoms with Crippen molar-refractivity contribution in [2.24, 2.45) is 0 Å². The Hall–Kier alpha value is 0.830. The maximum Gasteiger partial charge on any atom is 0.245 e. The van der Waals surface area contributed by atoms with Gasteiger partial charge < -0.3 is 4.74 Å². The van der Waals surface area contributed by atoms with Crippen LogP contribution in [0.5, 0.6) is 0 Å². The molecule has 1 aliphatic rings. The monoisotopic (exact) mass is 160 g/mol. The number of epoxide rings is 1. The summed E-state index contributed by atoms with van der Waals surface area (Å²) >= 11 is 16.0. The fraction of sp³-hybridized carbons (Fsp3) is 1.00. The molecule has 0 radical (unpaired) electrons. The van der Waals surface area contributed by atoms with Crippen LogP contribution >= 0.6 is 34.8 Å².